The van der Waals surface area contributed by atoms with Gasteiger partial charge in [0.1, 0.15) is 12.1 Å². The van der Waals surface area contributed by atoms with Crippen molar-refractivity contribution in [2.24, 2.45) is 17.6 Å². The fourth-order valence-electron chi connectivity index (χ4n) is 3.57. The predicted octanol–water partition coefficient (Wildman–Crippen LogP) is 1.12. The van der Waals surface area contributed by atoms with Crippen LogP contribution in [0.2, 0.25) is 0 Å². The van der Waals surface area contributed by atoms with Gasteiger partial charge in [0.05, 0.1) is 24.1 Å². The molecule has 0 radical (unpaired) electrons. The van der Waals surface area contributed by atoms with Crippen molar-refractivity contribution in [3.05, 3.63) is 35.4 Å². The van der Waals surface area contributed by atoms with E-state index in [1.54, 1.807) is 27.7 Å². The summed E-state index contributed by atoms with van der Waals surface area (Å²) < 4.78 is 38.2. The van der Waals surface area contributed by atoms with E-state index in [1.165, 1.54) is 25.9 Å². The lowest BCUT2D eigenvalue weighted by Crippen LogP contribution is -2.59. The number of nitrogens with one attached hydrogen (secondary N) is 4. The van der Waals surface area contributed by atoms with Crippen LogP contribution in [0.15, 0.2) is 24.3 Å². The van der Waals surface area contributed by atoms with Crippen LogP contribution in [-0.4, -0.2) is 78.5 Å². The van der Waals surface area contributed by atoms with Gasteiger partial charge in [-0.05, 0) is 36.5 Å². The first kappa shape index (κ1) is 40.0. The molecule has 0 fully saturated rings. The molecule has 0 aliphatic heterocycles. The van der Waals surface area contributed by atoms with Crippen LogP contribution in [0.1, 0.15) is 59.6 Å². The Kier molecular flexibility index (Phi) is 15.7. The lowest BCUT2D eigenvalue weighted by molar-refractivity contribution is -0.141. The summed E-state index contributed by atoms with van der Waals surface area (Å²) in [5, 5.41) is 9.60. The number of hydrogen-bond donors (Lipinski definition) is 5. The summed E-state index contributed by atoms with van der Waals surface area (Å²) >= 11 is 0. The van der Waals surface area contributed by atoms with E-state index in [-0.39, 0.29) is 19.9 Å². The van der Waals surface area contributed by atoms with Crippen molar-refractivity contribution >= 4 is 35.3 Å². The highest BCUT2D eigenvalue weighted by Crippen LogP contribution is 2.29. The van der Waals surface area contributed by atoms with Crippen LogP contribution in [0.25, 0.3) is 0 Å². The zero-order valence-electron chi connectivity index (χ0n) is 25.3. The Morgan fingerprint density at radius 2 is 1.36 bits per heavy atom. The number of alkyl halides is 3. The SMILES string of the molecule is C.CC(NC(=O)[C@H](CC(=O)N(C)C)NC(=O)C(NC(=O)[C@@H](N)C(C)C)C(C)C)C(=O)C(=O)NCc1ccc(C(F)(F)F)cc1. The van der Waals surface area contributed by atoms with Gasteiger partial charge in [0.15, 0.2) is 0 Å². The highest BCUT2D eigenvalue weighted by atomic mass is 19.4. The molecular weight excluding hydrogens is 585 g/mol. The lowest BCUT2D eigenvalue weighted by atomic mass is 9.99. The minimum Gasteiger partial charge on any atom is -0.349 e. The minimum atomic E-state index is -4.52. The Morgan fingerprint density at radius 3 is 1.82 bits per heavy atom. The summed E-state index contributed by atoms with van der Waals surface area (Å²) in [6.45, 7) is 7.76. The molecule has 4 atom stereocenters. The molecule has 15 heteroatoms. The lowest BCUT2D eigenvalue weighted by Gasteiger charge is -2.27. The normalized spacial score (nSPS) is 13.9. The smallest absolute Gasteiger partial charge is 0.349 e. The number of hydrogen-bond acceptors (Lipinski definition) is 7. The van der Waals surface area contributed by atoms with E-state index >= 15 is 0 Å². The summed E-state index contributed by atoms with van der Waals surface area (Å²) in [6, 6.07) is -0.872. The van der Waals surface area contributed by atoms with E-state index in [4.69, 9.17) is 5.73 Å². The van der Waals surface area contributed by atoms with Crippen molar-refractivity contribution < 1.29 is 41.9 Å². The second-order valence-corrected chi connectivity index (χ2v) is 11.0. The van der Waals surface area contributed by atoms with Crippen molar-refractivity contribution in [2.45, 2.75) is 85.4 Å². The van der Waals surface area contributed by atoms with Crippen LogP contribution >= 0.6 is 0 Å². The summed E-state index contributed by atoms with van der Waals surface area (Å²) in [7, 11) is 2.88. The predicted molar refractivity (Wildman–Crippen MR) is 157 cm³/mol. The van der Waals surface area contributed by atoms with Crippen molar-refractivity contribution in [3.63, 3.8) is 0 Å². The first-order valence-electron chi connectivity index (χ1n) is 13.6. The molecule has 1 aromatic carbocycles. The molecule has 6 N–H and O–H groups in total. The Bertz CT molecular complexity index is 1170. The molecule has 0 saturated heterocycles. The average Bonchev–Trinajstić information content (AvgIpc) is 2.92. The van der Waals surface area contributed by atoms with E-state index in [0.29, 0.717) is 5.56 Å². The third kappa shape index (κ3) is 12.3. The van der Waals surface area contributed by atoms with E-state index in [2.05, 4.69) is 21.3 Å². The topological polar surface area (TPSA) is 180 Å². The largest absolute Gasteiger partial charge is 0.416 e. The van der Waals surface area contributed by atoms with Crippen molar-refractivity contribution in [1.82, 2.24) is 26.2 Å². The molecule has 0 aromatic heterocycles. The quantitative estimate of drug-likeness (QED) is 0.191. The molecule has 0 aliphatic rings. The van der Waals surface area contributed by atoms with Crippen molar-refractivity contribution in [1.29, 1.82) is 0 Å². The van der Waals surface area contributed by atoms with Gasteiger partial charge in [-0.15, -0.1) is 0 Å². The number of ketones is 1. The molecule has 1 rings (SSSR count). The van der Waals surface area contributed by atoms with E-state index < -0.39 is 83.6 Å². The van der Waals surface area contributed by atoms with Crippen molar-refractivity contribution in [3.8, 4) is 0 Å². The Balaban J connectivity index is 0.0000185. The molecule has 0 heterocycles. The van der Waals surface area contributed by atoms with Crippen LogP contribution in [0, 0.1) is 11.8 Å². The summed E-state index contributed by atoms with van der Waals surface area (Å²) in [5.74, 6) is -5.62. The highest BCUT2D eigenvalue weighted by molar-refractivity contribution is 6.38. The Labute approximate surface area is 256 Å². The molecule has 44 heavy (non-hydrogen) atoms. The summed E-state index contributed by atoms with van der Waals surface area (Å²) in [5.41, 5.74) is 5.31. The van der Waals surface area contributed by atoms with Crippen LogP contribution in [0.3, 0.4) is 0 Å². The molecular formula is C29H45F3N6O6. The number of carbonyl (C=O) groups is 6. The summed E-state index contributed by atoms with van der Waals surface area (Å²) in [6.07, 6.45) is -5.01. The zero-order valence-corrected chi connectivity index (χ0v) is 25.3. The number of rotatable bonds is 14. The number of halogens is 3. The van der Waals surface area contributed by atoms with Gasteiger partial charge >= 0.3 is 6.18 Å². The van der Waals surface area contributed by atoms with Gasteiger partial charge in [-0.1, -0.05) is 47.3 Å². The molecule has 248 valence electrons. The molecule has 0 aliphatic carbocycles. The number of nitrogens with zero attached hydrogens (tertiary/aromatic N) is 1. The second kappa shape index (κ2) is 17.3. The van der Waals surface area contributed by atoms with Crippen LogP contribution < -0.4 is 27.0 Å². The first-order chi connectivity index (χ1) is 19.8. The fourth-order valence-corrected chi connectivity index (χ4v) is 3.57. The maximum atomic E-state index is 13.1. The molecule has 2 unspecified atom stereocenters. The Hall–Kier alpha value is -4.01. The van der Waals surface area contributed by atoms with Crippen molar-refractivity contribution in [2.75, 3.05) is 14.1 Å². The van der Waals surface area contributed by atoms with E-state index in [0.717, 1.165) is 24.3 Å². The molecule has 1 aromatic rings. The van der Waals surface area contributed by atoms with Gasteiger partial charge in [-0.2, -0.15) is 13.2 Å². The molecule has 12 nitrogen and oxygen atoms in total. The molecule has 0 spiro atoms. The van der Waals surface area contributed by atoms with Gasteiger partial charge < -0.3 is 31.9 Å². The van der Waals surface area contributed by atoms with Crippen LogP contribution in [0.4, 0.5) is 13.2 Å². The maximum Gasteiger partial charge on any atom is 0.416 e. The standard InChI is InChI=1S/C28H41F3N6O6.CH4/c1-14(2)21(32)25(41)36-22(15(3)4)26(42)35-19(12-20(38)37(6)7)24(40)34-16(5)23(39)27(43)33-13-17-8-10-18(11-9-17)28(29,30)31;/h8-11,14-16,19,21-22H,12-13,32H2,1-7H3,(H,33,43)(H,34,40)(H,35,42)(H,36,41);1H4/t16?,19-,21-,22?;/m0./s1. The summed E-state index contributed by atoms with van der Waals surface area (Å²) in [4.78, 5) is 77.3. The van der Waals surface area contributed by atoms with Gasteiger partial charge in [0.25, 0.3) is 5.91 Å². The van der Waals surface area contributed by atoms with Gasteiger partial charge in [-0.3, -0.25) is 28.8 Å². The van der Waals surface area contributed by atoms with E-state index in [1.807, 2.05) is 0 Å². The third-order valence-corrected chi connectivity index (χ3v) is 6.49. The van der Waals surface area contributed by atoms with Crippen LogP contribution in [-0.2, 0) is 41.5 Å². The minimum absolute atomic E-state index is 0. The number of nitrogens with two attached hydrogens (primary N) is 1. The number of benzene rings is 1. The average molecular weight is 631 g/mol. The number of carbonyl (C=O) groups excluding carboxylic acids is 6. The zero-order chi connectivity index (χ0) is 33.2. The highest BCUT2D eigenvalue weighted by Gasteiger charge is 2.34. The van der Waals surface area contributed by atoms with Gasteiger partial charge in [0.2, 0.25) is 29.4 Å². The molecule has 0 bridgehead atoms. The first-order valence-corrected chi connectivity index (χ1v) is 13.6. The van der Waals surface area contributed by atoms with E-state index in [9.17, 15) is 41.9 Å². The number of amides is 5. The second-order valence-electron chi connectivity index (χ2n) is 11.0. The Morgan fingerprint density at radius 1 is 0.818 bits per heavy atom. The molecule has 0 saturated carbocycles. The van der Waals surface area contributed by atoms with Gasteiger partial charge in [-0.25, -0.2) is 0 Å². The fraction of sp³-hybridized carbons (Fsp3) is 0.586. The van der Waals surface area contributed by atoms with Crippen LogP contribution in [0.5, 0.6) is 0 Å². The monoisotopic (exact) mass is 630 g/mol. The van der Waals surface area contributed by atoms with Gasteiger partial charge in [0, 0.05) is 20.6 Å². The number of Topliss-reactive ketones (excluding diaryl/α,β-unsaturated/α-hetero) is 1. The molecule has 5 amide bonds. The third-order valence-electron chi connectivity index (χ3n) is 6.49. The maximum absolute atomic E-state index is 13.1.